The van der Waals surface area contributed by atoms with E-state index in [2.05, 4.69) is 21.6 Å². The molecule has 0 N–H and O–H groups in total. The maximum atomic E-state index is 13.8. The van der Waals surface area contributed by atoms with Gasteiger partial charge < -0.3 is 18.8 Å². The molecule has 6 rings (SSSR count). The van der Waals surface area contributed by atoms with Crippen LogP contribution in [0.3, 0.4) is 0 Å². The number of nitrogens with zero attached hydrogens (tertiary/aromatic N) is 5. The topological polar surface area (TPSA) is 74.8 Å². The van der Waals surface area contributed by atoms with Gasteiger partial charge in [0.1, 0.15) is 10.8 Å². The molecule has 0 unspecified atom stereocenters. The SMILES string of the molecule is Cc1c(C(=O)N2CCN(CC(=O)N(C)c3ccccc3)CC2)cc(-c2csc(-c3ccccc3)n2)n1Cc1ccco1. The van der Waals surface area contributed by atoms with E-state index in [1.165, 1.54) is 0 Å². The maximum absolute atomic E-state index is 13.8. The number of thiazole rings is 1. The first-order valence-corrected chi connectivity index (χ1v) is 14.9. The number of carbonyl (C=O) groups excluding carboxylic acids is 2. The first-order valence-electron chi connectivity index (χ1n) is 14.0. The molecule has 2 aromatic carbocycles. The predicted octanol–water partition coefficient (Wildman–Crippen LogP) is 5.65. The Kier molecular flexibility index (Phi) is 8.03. The largest absolute Gasteiger partial charge is 0.467 e. The Hall–Kier alpha value is -4.47. The Morgan fingerprint density at radius 3 is 2.36 bits per heavy atom. The van der Waals surface area contributed by atoms with Gasteiger partial charge in [-0.2, -0.15) is 0 Å². The van der Waals surface area contributed by atoms with Gasteiger partial charge in [-0.15, -0.1) is 11.3 Å². The van der Waals surface area contributed by atoms with Crippen molar-refractivity contribution >= 4 is 28.8 Å². The van der Waals surface area contributed by atoms with Gasteiger partial charge in [-0.3, -0.25) is 14.5 Å². The summed E-state index contributed by atoms with van der Waals surface area (Å²) in [5, 5.41) is 2.98. The summed E-state index contributed by atoms with van der Waals surface area (Å²) in [4.78, 5) is 37.4. The summed E-state index contributed by atoms with van der Waals surface area (Å²) in [7, 11) is 1.80. The number of hydrogen-bond acceptors (Lipinski definition) is 6. The standard InChI is InChI=1S/C33H33N5O3S/c1-24-28(33(40)37-17-15-36(16-18-37)22-31(39)35(2)26-12-7-4-8-13-26)20-30(38(24)21-27-14-9-19-41-27)29-23-42-32(34-29)25-10-5-3-6-11-25/h3-14,19-20,23H,15-18,21-22H2,1-2H3. The number of amides is 2. The number of aromatic nitrogens is 2. The van der Waals surface area contributed by atoms with E-state index in [4.69, 9.17) is 9.40 Å². The molecule has 0 radical (unpaired) electrons. The molecular formula is C33H33N5O3S. The van der Waals surface area contributed by atoms with Crippen molar-refractivity contribution in [3.63, 3.8) is 0 Å². The molecule has 2 amide bonds. The average molecular weight is 580 g/mol. The zero-order valence-corrected chi connectivity index (χ0v) is 24.6. The fourth-order valence-electron chi connectivity index (χ4n) is 5.31. The fraction of sp³-hybridized carbons (Fsp3) is 0.242. The highest BCUT2D eigenvalue weighted by Crippen LogP contribution is 2.32. The predicted molar refractivity (Wildman–Crippen MR) is 166 cm³/mol. The Balaban J connectivity index is 1.18. The van der Waals surface area contributed by atoms with Crippen molar-refractivity contribution in [1.29, 1.82) is 0 Å². The minimum atomic E-state index is -0.00200. The summed E-state index contributed by atoms with van der Waals surface area (Å²) in [6.07, 6.45) is 1.66. The number of benzene rings is 2. The van der Waals surface area contributed by atoms with Crippen molar-refractivity contribution in [2.24, 2.45) is 0 Å². The van der Waals surface area contributed by atoms with Crippen molar-refractivity contribution < 1.29 is 14.0 Å². The van der Waals surface area contributed by atoms with Crippen LogP contribution in [0.5, 0.6) is 0 Å². The van der Waals surface area contributed by atoms with Gasteiger partial charge in [0.25, 0.3) is 5.91 Å². The molecule has 0 saturated carbocycles. The molecule has 4 heterocycles. The quantitative estimate of drug-likeness (QED) is 0.238. The van der Waals surface area contributed by atoms with E-state index in [1.807, 2.05) is 83.9 Å². The van der Waals surface area contributed by atoms with Crippen LogP contribution < -0.4 is 4.90 Å². The Morgan fingerprint density at radius 2 is 1.67 bits per heavy atom. The zero-order chi connectivity index (χ0) is 29.1. The van der Waals surface area contributed by atoms with Crippen molar-refractivity contribution in [3.8, 4) is 22.0 Å². The van der Waals surface area contributed by atoms with Crippen LogP contribution in [0.15, 0.2) is 94.9 Å². The second-order valence-electron chi connectivity index (χ2n) is 10.5. The molecular weight excluding hydrogens is 546 g/mol. The van der Waals surface area contributed by atoms with Crippen LogP contribution in [0, 0.1) is 6.92 Å². The lowest BCUT2D eigenvalue weighted by Crippen LogP contribution is -2.51. The molecule has 5 aromatic rings. The van der Waals surface area contributed by atoms with E-state index in [0.29, 0.717) is 44.8 Å². The lowest BCUT2D eigenvalue weighted by atomic mass is 10.2. The van der Waals surface area contributed by atoms with Crippen LogP contribution in [0.4, 0.5) is 5.69 Å². The maximum Gasteiger partial charge on any atom is 0.255 e. The highest BCUT2D eigenvalue weighted by Gasteiger charge is 2.28. The average Bonchev–Trinajstić information content (AvgIpc) is 3.80. The third kappa shape index (κ3) is 5.79. The van der Waals surface area contributed by atoms with Crippen molar-refractivity contribution in [3.05, 3.63) is 108 Å². The van der Waals surface area contributed by atoms with E-state index in [1.54, 1.807) is 29.5 Å². The van der Waals surface area contributed by atoms with Crippen molar-refractivity contribution in [2.75, 3.05) is 44.7 Å². The molecule has 1 aliphatic rings. The molecule has 1 aliphatic heterocycles. The van der Waals surface area contributed by atoms with E-state index in [9.17, 15) is 9.59 Å². The van der Waals surface area contributed by atoms with Crippen LogP contribution in [0.2, 0.25) is 0 Å². The summed E-state index contributed by atoms with van der Waals surface area (Å²) in [5.41, 5.74) is 5.20. The van der Waals surface area contributed by atoms with Gasteiger partial charge in [0.15, 0.2) is 0 Å². The van der Waals surface area contributed by atoms with Gasteiger partial charge in [-0.25, -0.2) is 4.98 Å². The number of furan rings is 1. The molecule has 0 spiro atoms. The van der Waals surface area contributed by atoms with E-state index in [0.717, 1.165) is 39.1 Å². The molecule has 0 bridgehead atoms. The minimum absolute atomic E-state index is 0.00200. The molecule has 0 atom stereocenters. The second kappa shape index (κ2) is 12.2. The lowest BCUT2D eigenvalue weighted by Gasteiger charge is -2.35. The first kappa shape index (κ1) is 27.7. The van der Waals surface area contributed by atoms with Crippen LogP contribution >= 0.6 is 11.3 Å². The zero-order valence-electron chi connectivity index (χ0n) is 23.8. The summed E-state index contributed by atoms with van der Waals surface area (Å²) in [5.74, 6) is 0.846. The van der Waals surface area contributed by atoms with Crippen LogP contribution in [0.25, 0.3) is 22.0 Å². The highest BCUT2D eigenvalue weighted by molar-refractivity contribution is 7.13. The smallest absolute Gasteiger partial charge is 0.255 e. The molecule has 9 heteroatoms. The minimum Gasteiger partial charge on any atom is -0.467 e. The number of hydrogen-bond donors (Lipinski definition) is 0. The van der Waals surface area contributed by atoms with E-state index in [-0.39, 0.29) is 11.8 Å². The van der Waals surface area contributed by atoms with E-state index < -0.39 is 0 Å². The summed E-state index contributed by atoms with van der Waals surface area (Å²) < 4.78 is 7.78. The Bertz CT molecular complexity index is 1650. The molecule has 214 valence electrons. The molecule has 1 fully saturated rings. The molecule has 42 heavy (non-hydrogen) atoms. The van der Waals surface area contributed by atoms with Gasteiger partial charge >= 0.3 is 0 Å². The second-order valence-corrected chi connectivity index (χ2v) is 11.3. The molecule has 8 nitrogen and oxygen atoms in total. The van der Waals surface area contributed by atoms with Gasteiger partial charge in [-0.05, 0) is 37.3 Å². The van der Waals surface area contributed by atoms with Crippen LogP contribution in [0.1, 0.15) is 21.8 Å². The van der Waals surface area contributed by atoms with Crippen LogP contribution in [-0.4, -0.2) is 70.9 Å². The molecule has 3 aromatic heterocycles. The number of para-hydroxylation sites is 1. The Labute approximate surface area is 249 Å². The van der Waals surface area contributed by atoms with Gasteiger partial charge in [0.05, 0.1) is 36.3 Å². The fourth-order valence-corrected chi connectivity index (χ4v) is 6.13. The van der Waals surface area contributed by atoms with Gasteiger partial charge in [-0.1, -0.05) is 48.5 Å². The number of likely N-dealkylation sites (N-methyl/N-ethyl adjacent to an activating group) is 1. The summed E-state index contributed by atoms with van der Waals surface area (Å²) >= 11 is 1.59. The lowest BCUT2D eigenvalue weighted by molar-refractivity contribution is -0.119. The van der Waals surface area contributed by atoms with Crippen LogP contribution in [-0.2, 0) is 11.3 Å². The molecule has 1 saturated heterocycles. The number of piperazine rings is 1. The van der Waals surface area contributed by atoms with Crippen molar-refractivity contribution in [1.82, 2.24) is 19.4 Å². The monoisotopic (exact) mass is 579 g/mol. The number of rotatable bonds is 8. The third-order valence-electron chi connectivity index (χ3n) is 7.81. The Morgan fingerprint density at radius 1 is 0.952 bits per heavy atom. The van der Waals surface area contributed by atoms with Crippen molar-refractivity contribution in [2.45, 2.75) is 13.5 Å². The van der Waals surface area contributed by atoms with Gasteiger partial charge in [0, 0.05) is 55.6 Å². The first-order chi connectivity index (χ1) is 20.5. The molecule has 0 aliphatic carbocycles. The van der Waals surface area contributed by atoms with E-state index >= 15 is 0 Å². The number of anilines is 1. The summed E-state index contributed by atoms with van der Waals surface area (Å²) in [6.45, 7) is 5.23. The normalized spacial score (nSPS) is 13.8. The number of carbonyl (C=O) groups is 2. The summed E-state index contributed by atoms with van der Waals surface area (Å²) in [6, 6.07) is 25.5. The van der Waals surface area contributed by atoms with Gasteiger partial charge in [0.2, 0.25) is 5.91 Å². The third-order valence-corrected chi connectivity index (χ3v) is 8.71. The highest BCUT2D eigenvalue weighted by atomic mass is 32.1.